The molecule has 0 radical (unpaired) electrons. The third-order valence-corrected chi connectivity index (χ3v) is 2.68. The summed E-state index contributed by atoms with van der Waals surface area (Å²) in [5.74, 6) is -1.15. The van der Waals surface area contributed by atoms with Gasteiger partial charge in [-0.1, -0.05) is 42.5 Å². The number of carbonyl (C=O) groups is 2. The second kappa shape index (κ2) is 6.53. The molecule has 0 heterocycles. The van der Waals surface area contributed by atoms with Crippen LogP contribution in [0.1, 0.15) is 5.56 Å². The molecule has 6 heteroatoms. The van der Waals surface area contributed by atoms with E-state index in [9.17, 15) is 9.59 Å². The number of fused-ring (bicyclic) bond motifs is 1. The first-order chi connectivity index (χ1) is 9.66. The Morgan fingerprint density at radius 3 is 2.65 bits per heavy atom. The number of aliphatic carboxylic acids is 1. The van der Waals surface area contributed by atoms with Crippen LogP contribution in [0, 0.1) is 0 Å². The number of hydrogen-bond donors (Lipinski definition) is 3. The van der Waals surface area contributed by atoms with Crippen molar-refractivity contribution in [1.82, 2.24) is 10.8 Å². The van der Waals surface area contributed by atoms with Gasteiger partial charge in [-0.3, -0.25) is 4.84 Å². The van der Waals surface area contributed by atoms with Gasteiger partial charge in [0.2, 0.25) is 0 Å². The van der Waals surface area contributed by atoms with Gasteiger partial charge in [0.1, 0.15) is 0 Å². The van der Waals surface area contributed by atoms with Crippen LogP contribution in [-0.4, -0.2) is 23.7 Å². The Hall–Kier alpha value is -2.60. The summed E-state index contributed by atoms with van der Waals surface area (Å²) in [7, 11) is 0. The van der Waals surface area contributed by atoms with Gasteiger partial charge >= 0.3 is 12.0 Å². The molecule has 3 N–H and O–H groups in total. The van der Waals surface area contributed by atoms with E-state index in [-0.39, 0.29) is 0 Å². The summed E-state index contributed by atoms with van der Waals surface area (Å²) in [6, 6.07) is 13.1. The first kappa shape index (κ1) is 13.8. The summed E-state index contributed by atoms with van der Waals surface area (Å²) in [6.07, 6.45) is 0. The molecule has 6 nitrogen and oxygen atoms in total. The van der Waals surface area contributed by atoms with E-state index in [1.165, 1.54) is 0 Å². The number of benzene rings is 2. The number of nitrogens with one attached hydrogen (secondary N) is 2. The molecule has 2 aromatic rings. The zero-order valence-electron chi connectivity index (χ0n) is 10.6. The van der Waals surface area contributed by atoms with Crippen molar-refractivity contribution in [3.8, 4) is 0 Å². The monoisotopic (exact) mass is 274 g/mol. The van der Waals surface area contributed by atoms with E-state index in [2.05, 4.69) is 10.2 Å². The fourth-order valence-corrected chi connectivity index (χ4v) is 1.82. The van der Waals surface area contributed by atoms with Crippen molar-refractivity contribution in [2.75, 3.05) is 6.61 Å². The number of amides is 2. The summed E-state index contributed by atoms with van der Waals surface area (Å²) in [5.41, 5.74) is 2.97. The highest BCUT2D eigenvalue weighted by Gasteiger charge is 2.04. The SMILES string of the molecule is O=C(O)CONC(=O)NCc1cccc2ccccc12. The van der Waals surface area contributed by atoms with Crippen molar-refractivity contribution in [3.63, 3.8) is 0 Å². The number of carboxylic acid groups (broad SMARTS) is 1. The molecular weight excluding hydrogens is 260 g/mol. The second-order valence-corrected chi connectivity index (χ2v) is 4.11. The standard InChI is InChI=1S/C14H14N2O4/c17-13(18)9-20-16-14(19)15-8-11-6-3-5-10-4-1-2-7-12(10)11/h1-7H,8-9H2,(H,17,18)(H2,15,16,19). The van der Waals surface area contributed by atoms with Crippen LogP contribution >= 0.6 is 0 Å². The molecule has 0 aromatic heterocycles. The minimum absolute atomic E-state index is 0.323. The summed E-state index contributed by atoms with van der Waals surface area (Å²) in [5, 5.41) is 13.1. The zero-order valence-corrected chi connectivity index (χ0v) is 10.6. The van der Waals surface area contributed by atoms with Crippen LogP contribution in [0.3, 0.4) is 0 Å². The van der Waals surface area contributed by atoms with Gasteiger partial charge in [-0.2, -0.15) is 0 Å². The van der Waals surface area contributed by atoms with Crippen molar-refractivity contribution in [2.24, 2.45) is 0 Å². The Bertz CT molecular complexity index is 622. The molecular formula is C14H14N2O4. The van der Waals surface area contributed by atoms with Crippen molar-refractivity contribution >= 4 is 22.8 Å². The summed E-state index contributed by atoms with van der Waals surface area (Å²) >= 11 is 0. The smallest absolute Gasteiger partial charge is 0.338 e. The molecule has 0 unspecified atom stereocenters. The quantitative estimate of drug-likeness (QED) is 0.723. The predicted octanol–water partition coefficient (Wildman–Crippen LogP) is 1.66. The van der Waals surface area contributed by atoms with E-state index in [0.717, 1.165) is 16.3 Å². The number of hydrogen-bond acceptors (Lipinski definition) is 3. The van der Waals surface area contributed by atoms with Crippen molar-refractivity contribution in [1.29, 1.82) is 0 Å². The maximum Gasteiger partial charge on any atom is 0.338 e. The molecule has 0 fully saturated rings. The van der Waals surface area contributed by atoms with Gasteiger partial charge < -0.3 is 10.4 Å². The Kier molecular flexibility index (Phi) is 4.52. The van der Waals surface area contributed by atoms with Gasteiger partial charge in [-0.15, -0.1) is 0 Å². The van der Waals surface area contributed by atoms with Gasteiger partial charge in [0, 0.05) is 6.54 Å². The minimum Gasteiger partial charge on any atom is -0.479 e. The molecule has 2 aromatic carbocycles. The first-order valence-electron chi connectivity index (χ1n) is 6.01. The summed E-state index contributed by atoms with van der Waals surface area (Å²) < 4.78 is 0. The molecule has 0 bridgehead atoms. The van der Waals surface area contributed by atoms with Gasteiger partial charge in [0.15, 0.2) is 6.61 Å². The largest absolute Gasteiger partial charge is 0.479 e. The molecule has 0 saturated heterocycles. The lowest BCUT2D eigenvalue weighted by Crippen LogP contribution is -2.36. The maximum atomic E-state index is 11.4. The van der Waals surface area contributed by atoms with Crippen LogP contribution in [0.25, 0.3) is 10.8 Å². The van der Waals surface area contributed by atoms with Crippen molar-refractivity contribution < 1.29 is 19.5 Å². The highest BCUT2D eigenvalue weighted by atomic mass is 16.7. The molecule has 2 rings (SSSR count). The van der Waals surface area contributed by atoms with Crippen LogP contribution < -0.4 is 10.8 Å². The first-order valence-corrected chi connectivity index (χ1v) is 6.01. The molecule has 2 amide bonds. The van der Waals surface area contributed by atoms with Crippen molar-refractivity contribution in [3.05, 3.63) is 48.0 Å². The van der Waals surface area contributed by atoms with E-state index in [1.807, 2.05) is 47.9 Å². The molecule has 0 spiro atoms. The topological polar surface area (TPSA) is 87.7 Å². The van der Waals surface area contributed by atoms with E-state index < -0.39 is 18.6 Å². The Morgan fingerprint density at radius 2 is 1.85 bits per heavy atom. The average molecular weight is 274 g/mol. The highest BCUT2D eigenvalue weighted by Crippen LogP contribution is 2.17. The van der Waals surface area contributed by atoms with E-state index in [4.69, 9.17) is 5.11 Å². The molecule has 0 aliphatic carbocycles. The molecule has 104 valence electrons. The van der Waals surface area contributed by atoms with Gasteiger partial charge in [0.25, 0.3) is 0 Å². The number of urea groups is 1. The minimum atomic E-state index is -1.15. The Morgan fingerprint density at radius 1 is 1.10 bits per heavy atom. The fourth-order valence-electron chi connectivity index (χ4n) is 1.82. The molecule has 0 saturated carbocycles. The van der Waals surface area contributed by atoms with Gasteiger partial charge in [-0.25, -0.2) is 15.1 Å². The Balaban J connectivity index is 1.92. The molecule has 0 aliphatic rings. The highest BCUT2D eigenvalue weighted by molar-refractivity contribution is 5.86. The predicted molar refractivity (Wildman–Crippen MR) is 72.9 cm³/mol. The summed E-state index contributed by atoms with van der Waals surface area (Å²) in [6.45, 7) is -0.259. The third-order valence-electron chi connectivity index (χ3n) is 2.68. The number of carbonyl (C=O) groups excluding carboxylic acids is 1. The zero-order chi connectivity index (χ0) is 14.4. The van der Waals surface area contributed by atoms with E-state index in [1.54, 1.807) is 0 Å². The van der Waals surface area contributed by atoms with Crippen molar-refractivity contribution in [2.45, 2.75) is 6.54 Å². The van der Waals surface area contributed by atoms with Crippen LogP contribution in [0.5, 0.6) is 0 Å². The number of rotatable bonds is 5. The molecule has 20 heavy (non-hydrogen) atoms. The lowest BCUT2D eigenvalue weighted by atomic mass is 10.0. The fraction of sp³-hybridized carbons (Fsp3) is 0.143. The second-order valence-electron chi connectivity index (χ2n) is 4.11. The molecule has 0 atom stereocenters. The number of carboxylic acids is 1. The third kappa shape index (κ3) is 3.69. The van der Waals surface area contributed by atoms with Crippen LogP contribution in [-0.2, 0) is 16.2 Å². The lowest BCUT2D eigenvalue weighted by Gasteiger charge is -2.09. The lowest BCUT2D eigenvalue weighted by molar-refractivity contribution is -0.144. The van der Waals surface area contributed by atoms with Gasteiger partial charge in [-0.05, 0) is 16.3 Å². The average Bonchev–Trinajstić information content (AvgIpc) is 2.44. The maximum absolute atomic E-state index is 11.4. The van der Waals surface area contributed by atoms with E-state index >= 15 is 0 Å². The number of hydroxylamine groups is 1. The molecule has 0 aliphatic heterocycles. The van der Waals surface area contributed by atoms with Crippen LogP contribution in [0.4, 0.5) is 4.79 Å². The van der Waals surface area contributed by atoms with E-state index in [0.29, 0.717) is 6.54 Å². The van der Waals surface area contributed by atoms with Crippen LogP contribution in [0.2, 0.25) is 0 Å². The normalized spacial score (nSPS) is 10.2. The Labute approximate surface area is 115 Å². The van der Waals surface area contributed by atoms with Crippen LogP contribution in [0.15, 0.2) is 42.5 Å². The van der Waals surface area contributed by atoms with Gasteiger partial charge in [0.05, 0.1) is 0 Å². The summed E-state index contributed by atoms with van der Waals surface area (Å²) in [4.78, 5) is 26.1.